The Morgan fingerprint density at radius 3 is 2.90 bits per heavy atom. The summed E-state index contributed by atoms with van der Waals surface area (Å²) in [6.45, 7) is 1.18. The van der Waals surface area contributed by atoms with Crippen LogP contribution in [0.4, 0.5) is 0 Å². The molecule has 0 unspecified atom stereocenters. The molecule has 0 fully saturated rings. The Morgan fingerprint density at radius 2 is 2.25 bits per heavy atom. The minimum atomic E-state index is -0.228. The summed E-state index contributed by atoms with van der Waals surface area (Å²) in [5, 5.41) is 19.9. The van der Waals surface area contributed by atoms with Crippen LogP contribution >= 0.6 is 11.6 Å². The zero-order chi connectivity index (χ0) is 15.0. The SMILES string of the molecule is COC(=O)CCCNCc1cc(C(=N)NO)ccc1Cl. The number of methoxy groups -OCH3 is 1. The summed E-state index contributed by atoms with van der Waals surface area (Å²) >= 11 is 6.06. The van der Waals surface area contributed by atoms with Gasteiger partial charge in [-0.15, -0.1) is 0 Å². The largest absolute Gasteiger partial charge is 0.469 e. The van der Waals surface area contributed by atoms with E-state index in [1.807, 2.05) is 0 Å². The Morgan fingerprint density at radius 1 is 1.50 bits per heavy atom. The molecule has 1 rings (SSSR count). The number of nitrogens with one attached hydrogen (secondary N) is 3. The van der Waals surface area contributed by atoms with Gasteiger partial charge < -0.3 is 10.1 Å². The Balaban J connectivity index is 2.47. The maximum atomic E-state index is 10.9. The van der Waals surface area contributed by atoms with Crippen LogP contribution < -0.4 is 10.8 Å². The first-order valence-corrected chi connectivity index (χ1v) is 6.51. The van der Waals surface area contributed by atoms with E-state index < -0.39 is 0 Å². The molecule has 0 heterocycles. The van der Waals surface area contributed by atoms with Crippen LogP contribution in [0.25, 0.3) is 0 Å². The molecule has 0 spiro atoms. The third-order valence-electron chi connectivity index (χ3n) is 2.72. The highest BCUT2D eigenvalue weighted by atomic mass is 35.5. The van der Waals surface area contributed by atoms with Crippen LogP contribution in [-0.4, -0.2) is 30.7 Å². The van der Waals surface area contributed by atoms with Crippen molar-refractivity contribution < 1.29 is 14.7 Å². The number of hydrogen-bond donors (Lipinski definition) is 4. The van der Waals surface area contributed by atoms with E-state index in [9.17, 15) is 4.79 Å². The van der Waals surface area contributed by atoms with E-state index in [1.54, 1.807) is 23.7 Å². The maximum Gasteiger partial charge on any atom is 0.305 e. The molecule has 0 saturated heterocycles. The van der Waals surface area contributed by atoms with Crippen molar-refractivity contribution in [1.82, 2.24) is 10.8 Å². The summed E-state index contributed by atoms with van der Waals surface area (Å²) in [6.07, 6.45) is 1.05. The molecule has 1 aromatic rings. The fourth-order valence-corrected chi connectivity index (χ4v) is 1.80. The quantitative estimate of drug-likeness (QED) is 0.202. The fraction of sp³-hybridized carbons (Fsp3) is 0.385. The third kappa shape index (κ3) is 5.16. The monoisotopic (exact) mass is 299 g/mol. The molecule has 0 atom stereocenters. The highest BCUT2D eigenvalue weighted by Gasteiger charge is 2.06. The summed E-state index contributed by atoms with van der Waals surface area (Å²) in [4.78, 5) is 10.9. The molecule has 0 saturated carbocycles. The molecule has 0 bridgehead atoms. The van der Waals surface area contributed by atoms with E-state index in [1.165, 1.54) is 7.11 Å². The van der Waals surface area contributed by atoms with Crippen LogP contribution in [0.3, 0.4) is 0 Å². The van der Waals surface area contributed by atoms with Gasteiger partial charge in [0, 0.05) is 23.6 Å². The summed E-state index contributed by atoms with van der Waals surface area (Å²) in [5.74, 6) is -0.317. The van der Waals surface area contributed by atoms with Gasteiger partial charge in [-0.2, -0.15) is 0 Å². The lowest BCUT2D eigenvalue weighted by molar-refractivity contribution is -0.140. The van der Waals surface area contributed by atoms with Gasteiger partial charge in [0.15, 0.2) is 0 Å². The Hall–Kier alpha value is -1.63. The van der Waals surface area contributed by atoms with Crippen molar-refractivity contribution in [3.8, 4) is 0 Å². The van der Waals surface area contributed by atoms with E-state index in [-0.39, 0.29) is 11.8 Å². The smallest absolute Gasteiger partial charge is 0.305 e. The summed E-state index contributed by atoms with van der Waals surface area (Å²) in [6, 6.07) is 5.05. The predicted molar refractivity (Wildman–Crippen MR) is 76.2 cm³/mol. The number of halogens is 1. The van der Waals surface area contributed by atoms with E-state index in [0.29, 0.717) is 36.5 Å². The molecule has 20 heavy (non-hydrogen) atoms. The van der Waals surface area contributed by atoms with Crippen molar-refractivity contribution in [2.24, 2.45) is 0 Å². The van der Waals surface area contributed by atoms with Gasteiger partial charge in [0.05, 0.1) is 7.11 Å². The van der Waals surface area contributed by atoms with Crippen LogP contribution in [0.1, 0.15) is 24.0 Å². The lowest BCUT2D eigenvalue weighted by atomic mass is 10.1. The van der Waals surface area contributed by atoms with E-state index in [4.69, 9.17) is 22.2 Å². The van der Waals surface area contributed by atoms with Crippen LogP contribution in [-0.2, 0) is 16.1 Å². The number of rotatable bonds is 7. The number of carbonyl (C=O) groups excluding carboxylic acids is 1. The number of amidine groups is 1. The van der Waals surface area contributed by atoms with Gasteiger partial charge in [-0.05, 0) is 36.7 Å². The molecule has 7 heteroatoms. The Kier molecular flexibility index (Phi) is 7.00. The second kappa shape index (κ2) is 8.52. The van der Waals surface area contributed by atoms with Gasteiger partial charge in [-0.25, -0.2) is 0 Å². The van der Waals surface area contributed by atoms with Gasteiger partial charge in [-0.3, -0.25) is 20.9 Å². The fourth-order valence-electron chi connectivity index (χ4n) is 1.61. The highest BCUT2D eigenvalue weighted by Crippen LogP contribution is 2.17. The zero-order valence-electron chi connectivity index (χ0n) is 11.2. The lowest BCUT2D eigenvalue weighted by Gasteiger charge is -2.09. The number of carbonyl (C=O) groups is 1. The van der Waals surface area contributed by atoms with Gasteiger partial charge >= 0.3 is 5.97 Å². The minimum Gasteiger partial charge on any atom is -0.469 e. The summed E-state index contributed by atoms with van der Waals surface area (Å²) < 4.78 is 4.55. The molecule has 0 radical (unpaired) electrons. The third-order valence-corrected chi connectivity index (χ3v) is 3.09. The Bertz CT molecular complexity index is 480. The number of benzene rings is 1. The first kappa shape index (κ1) is 16.4. The number of hydroxylamine groups is 1. The molecule has 0 aliphatic heterocycles. The maximum absolute atomic E-state index is 10.9. The van der Waals surface area contributed by atoms with Gasteiger partial charge in [-0.1, -0.05) is 11.6 Å². The normalized spacial score (nSPS) is 10.2. The number of esters is 1. The molecule has 0 aromatic heterocycles. The lowest BCUT2D eigenvalue weighted by Crippen LogP contribution is -2.20. The molecule has 1 aromatic carbocycles. The van der Waals surface area contributed by atoms with Crippen molar-refractivity contribution >= 4 is 23.4 Å². The number of hydrogen-bond acceptors (Lipinski definition) is 5. The van der Waals surface area contributed by atoms with Crippen molar-refractivity contribution in [3.63, 3.8) is 0 Å². The molecular weight excluding hydrogens is 282 g/mol. The molecule has 0 aliphatic carbocycles. The van der Waals surface area contributed by atoms with Gasteiger partial charge in [0.25, 0.3) is 0 Å². The number of ether oxygens (including phenoxy) is 1. The van der Waals surface area contributed by atoms with Crippen LogP contribution in [0, 0.1) is 5.41 Å². The van der Waals surface area contributed by atoms with E-state index >= 15 is 0 Å². The average Bonchev–Trinajstić information content (AvgIpc) is 2.47. The van der Waals surface area contributed by atoms with Crippen molar-refractivity contribution in [2.75, 3.05) is 13.7 Å². The average molecular weight is 300 g/mol. The van der Waals surface area contributed by atoms with Crippen molar-refractivity contribution in [3.05, 3.63) is 34.3 Å². The van der Waals surface area contributed by atoms with E-state index in [2.05, 4.69) is 10.1 Å². The van der Waals surface area contributed by atoms with Gasteiger partial charge in [0.1, 0.15) is 5.84 Å². The zero-order valence-corrected chi connectivity index (χ0v) is 12.0. The molecule has 6 nitrogen and oxygen atoms in total. The summed E-state index contributed by atoms with van der Waals surface area (Å²) in [7, 11) is 1.37. The second-order valence-corrected chi connectivity index (χ2v) is 4.56. The second-order valence-electron chi connectivity index (χ2n) is 4.15. The molecule has 110 valence electrons. The first-order chi connectivity index (χ1) is 9.58. The summed E-state index contributed by atoms with van der Waals surface area (Å²) in [5.41, 5.74) is 3.16. The Labute approximate surface area is 122 Å². The van der Waals surface area contributed by atoms with Crippen LogP contribution in [0.2, 0.25) is 5.02 Å². The molecule has 0 aliphatic rings. The van der Waals surface area contributed by atoms with Crippen LogP contribution in [0.5, 0.6) is 0 Å². The highest BCUT2D eigenvalue weighted by molar-refractivity contribution is 6.31. The van der Waals surface area contributed by atoms with Gasteiger partial charge in [0.2, 0.25) is 0 Å². The van der Waals surface area contributed by atoms with Crippen molar-refractivity contribution in [1.29, 1.82) is 5.41 Å². The predicted octanol–water partition coefficient (Wildman–Crippen LogP) is 1.69. The first-order valence-electron chi connectivity index (χ1n) is 6.13. The topological polar surface area (TPSA) is 94.4 Å². The molecule has 0 amide bonds. The van der Waals surface area contributed by atoms with Crippen molar-refractivity contribution in [2.45, 2.75) is 19.4 Å². The molecular formula is C13H18ClN3O3. The van der Waals surface area contributed by atoms with E-state index in [0.717, 1.165) is 5.56 Å². The molecule has 4 N–H and O–H groups in total. The standard InChI is InChI=1S/C13H18ClN3O3/c1-20-12(18)3-2-6-16-8-10-7-9(13(15)17-19)4-5-11(10)14/h4-5,7,16,19H,2-3,6,8H2,1H3,(H2,15,17). The minimum absolute atomic E-state index is 0.0893. The van der Waals surface area contributed by atoms with Crippen LogP contribution in [0.15, 0.2) is 18.2 Å².